The zero-order valence-corrected chi connectivity index (χ0v) is 15.8. The molecule has 3 heterocycles. The summed E-state index contributed by atoms with van der Waals surface area (Å²) >= 11 is 0. The smallest absolute Gasteiger partial charge is 0.329 e. The van der Waals surface area contributed by atoms with Crippen molar-refractivity contribution in [2.24, 2.45) is 0 Å². The number of carbonyl (C=O) groups is 4. The lowest BCUT2D eigenvalue weighted by atomic mass is 10.1. The van der Waals surface area contributed by atoms with Crippen molar-refractivity contribution in [1.82, 2.24) is 10.2 Å². The van der Waals surface area contributed by atoms with Crippen molar-refractivity contribution in [3.05, 3.63) is 42.2 Å². The zero-order valence-electron chi connectivity index (χ0n) is 15.8. The van der Waals surface area contributed by atoms with Gasteiger partial charge in [0.05, 0.1) is 17.5 Å². The van der Waals surface area contributed by atoms with Crippen molar-refractivity contribution in [2.75, 3.05) is 25.1 Å². The van der Waals surface area contributed by atoms with Crippen molar-refractivity contribution in [3.63, 3.8) is 0 Å². The molecule has 2 aliphatic rings. The Kier molecular flexibility index (Phi) is 5.23. The molecule has 1 fully saturated rings. The first-order chi connectivity index (χ1) is 14.4. The van der Waals surface area contributed by atoms with Crippen molar-refractivity contribution in [2.45, 2.75) is 18.5 Å². The summed E-state index contributed by atoms with van der Waals surface area (Å²) in [6.45, 7) is -0.836. The molecule has 2 aliphatic heterocycles. The van der Waals surface area contributed by atoms with Crippen LogP contribution in [-0.2, 0) is 19.1 Å². The van der Waals surface area contributed by atoms with Crippen molar-refractivity contribution in [1.29, 1.82) is 0 Å². The van der Waals surface area contributed by atoms with Gasteiger partial charge in [-0.1, -0.05) is 0 Å². The van der Waals surface area contributed by atoms with Gasteiger partial charge in [0.25, 0.3) is 5.91 Å². The molecular weight excluding hydrogens is 394 g/mol. The number of carboxylic acids is 1. The van der Waals surface area contributed by atoms with Gasteiger partial charge in [0, 0.05) is 18.2 Å². The molecule has 3 amide bonds. The molecule has 1 saturated heterocycles. The maximum absolute atomic E-state index is 13.2. The van der Waals surface area contributed by atoms with E-state index in [2.05, 4.69) is 10.6 Å². The fraction of sp³-hybridized carbons (Fsp3) is 0.300. The van der Waals surface area contributed by atoms with Crippen molar-refractivity contribution < 1.29 is 33.4 Å². The highest BCUT2D eigenvalue weighted by Crippen LogP contribution is 2.32. The van der Waals surface area contributed by atoms with Gasteiger partial charge in [-0.2, -0.15) is 0 Å². The quantitative estimate of drug-likeness (QED) is 0.634. The minimum absolute atomic E-state index is 0.159. The molecule has 1 aromatic heterocycles. The highest BCUT2D eigenvalue weighted by atomic mass is 16.5. The Morgan fingerprint density at radius 2 is 2.10 bits per heavy atom. The lowest BCUT2D eigenvalue weighted by Crippen LogP contribution is -2.41. The highest BCUT2D eigenvalue weighted by molar-refractivity contribution is 6.10. The zero-order chi connectivity index (χ0) is 21.3. The number of aliphatic carboxylic acids is 1. The molecule has 30 heavy (non-hydrogen) atoms. The maximum atomic E-state index is 13.2. The summed E-state index contributed by atoms with van der Waals surface area (Å²) in [6, 6.07) is 7.46. The molecule has 2 unspecified atom stereocenters. The van der Waals surface area contributed by atoms with Gasteiger partial charge in [-0.25, -0.2) is 4.79 Å². The number of fused-ring (bicyclic) bond motifs is 2. The van der Waals surface area contributed by atoms with Crippen LogP contribution in [0.5, 0.6) is 0 Å². The molecule has 2 atom stereocenters. The van der Waals surface area contributed by atoms with Crippen LogP contribution >= 0.6 is 0 Å². The van der Waals surface area contributed by atoms with Gasteiger partial charge >= 0.3 is 5.97 Å². The Bertz CT molecular complexity index is 1000. The van der Waals surface area contributed by atoms with E-state index in [1.54, 1.807) is 30.3 Å². The third kappa shape index (κ3) is 3.90. The summed E-state index contributed by atoms with van der Waals surface area (Å²) in [5, 5.41) is 14.0. The Hall–Kier alpha value is -3.66. The first-order valence-electron chi connectivity index (χ1n) is 9.31. The second-order valence-electron chi connectivity index (χ2n) is 7.09. The standard InChI is InChI=1S/C20H19N3O7/c24-17(9-29-10-18(25)26)21-12-7-15-19(27)22-14-4-3-11(16-2-1-5-30-16)6-13(14)20(28)23(15)8-12/h1-6,12,15H,7-10H2,(H,21,24)(H,22,27)(H,25,26). The number of hydrogen-bond donors (Lipinski definition) is 3. The van der Waals surface area contributed by atoms with E-state index in [9.17, 15) is 19.2 Å². The number of hydrogen-bond acceptors (Lipinski definition) is 6. The number of rotatable bonds is 6. The molecule has 10 heteroatoms. The fourth-order valence-electron chi connectivity index (χ4n) is 3.71. The Morgan fingerprint density at radius 1 is 1.27 bits per heavy atom. The predicted octanol–water partition coefficient (Wildman–Crippen LogP) is 0.699. The van der Waals surface area contributed by atoms with Gasteiger partial charge in [0.1, 0.15) is 25.0 Å². The lowest BCUT2D eigenvalue weighted by Gasteiger charge is -2.20. The van der Waals surface area contributed by atoms with Gasteiger partial charge in [-0.05, 0) is 36.8 Å². The maximum Gasteiger partial charge on any atom is 0.329 e. The van der Waals surface area contributed by atoms with E-state index in [0.717, 1.165) is 0 Å². The van der Waals surface area contributed by atoms with Gasteiger partial charge in [0.2, 0.25) is 11.8 Å². The summed E-state index contributed by atoms with van der Waals surface area (Å²) in [7, 11) is 0. The second-order valence-corrected chi connectivity index (χ2v) is 7.09. The molecule has 0 radical (unpaired) electrons. The third-order valence-electron chi connectivity index (χ3n) is 5.00. The van der Waals surface area contributed by atoms with E-state index in [1.807, 2.05) is 0 Å². The van der Waals surface area contributed by atoms with Crippen LogP contribution in [0, 0.1) is 0 Å². The molecule has 2 aromatic rings. The van der Waals surface area contributed by atoms with Crippen LogP contribution in [0.2, 0.25) is 0 Å². The predicted molar refractivity (Wildman–Crippen MR) is 103 cm³/mol. The van der Waals surface area contributed by atoms with Crippen LogP contribution in [0.25, 0.3) is 11.3 Å². The molecule has 0 saturated carbocycles. The molecule has 0 bridgehead atoms. The summed E-state index contributed by atoms with van der Waals surface area (Å²) in [4.78, 5) is 49.7. The second kappa shape index (κ2) is 7.99. The SMILES string of the molecule is O=C(O)COCC(=O)NC1CC2C(=O)Nc3ccc(-c4ccco4)cc3C(=O)N2C1. The van der Waals surface area contributed by atoms with Crippen LogP contribution < -0.4 is 10.6 Å². The van der Waals surface area contributed by atoms with Crippen LogP contribution in [-0.4, -0.2) is 65.5 Å². The molecule has 0 spiro atoms. The molecule has 4 rings (SSSR count). The van der Waals surface area contributed by atoms with E-state index in [0.29, 0.717) is 22.6 Å². The topological polar surface area (TPSA) is 138 Å². The Balaban J connectivity index is 1.49. The Labute approximate surface area is 170 Å². The van der Waals surface area contributed by atoms with Crippen LogP contribution in [0.15, 0.2) is 41.0 Å². The summed E-state index contributed by atoms with van der Waals surface area (Å²) in [5.74, 6) is -1.72. The van der Waals surface area contributed by atoms with E-state index < -0.39 is 37.2 Å². The first kappa shape index (κ1) is 19.6. The molecule has 0 aliphatic carbocycles. The average Bonchev–Trinajstić information content (AvgIpc) is 3.36. The number of ether oxygens (including phenoxy) is 1. The van der Waals surface area contributed by atoms with Crippen LogP contribution in [0.4, 0.5) is 5.69 Å². The number of nitrogens with one attached hydrogen (secondary N) is 2. The fourth-order valence-corrected chi connectivity index (χ4v) is 3.71. The van der Waals surface area contributed by atoms with Gasteiger partial charge in [0.15, 0.2) is 0 Å². The van der Waals surface area contributed by atoms with Gasteiger partial charge < -0.3 is 29.8 Å². The highest BCUT2D eigenvalue weighted by Gasteiger charge is 2.43. The van der Waals surface area contributed by atoms with E-state index >= 15 is 0 Å². The summed E-state index contributed by atoms with van der Waals surface area (Å²) in [6.07, 6.45) is 1.79. The minimum atomic E-state index is -1.17. The van der Waals surface area contributed by atoms with E-state index in [-0.39, 0.29) is 24.8 Å². The van der Waals surface area contributed by atoms with Crippen molar-refractivity contribution >= 4 is 29.4 Å². The lowest BCUT2D eigenvalue weighted by molar-refractivity contribution is -0.143. The minimum Gasteiger partial charge on any atom is -0.480 e. The van der Waals surface area contributed by atoms with Crippen LogP contribution in [0.3, 0.4) is 0 Å². The molecular formula is C20H19N3O7. The van der Waals surface area contributed by atoms with Gasteiger partial charge in [-0.15, -0.1) is 0 Å². The summed E-state index contributed by atoms with van der Waals surface area (Å²) < 4.78 is 10.1. The first-order valence-corrected chi connectivity index (χ1v) is 9.31. The van der Waals surface area contributed by atoms with Crippen molar-refractivity contribution in [3.8, 4) is 11.3 Å². The number of carbonyl (C=O) groups excluding carboxylic acids is 3. The largest absolute Gasteiger partial charge is 0.480 e. The number of carboxylic acid groups (broad SMARTS) is 1. The molecule has 3 N–H and O–H groups in total. The normalized spacial score (nSPS) is 20.2. The molecule has 1 aromatic carbocycles. The third-order valence-corrected chi connectivity index (χ3v) is 5.00. The van der Waals surface area contributed by atoms with Gasteiger partial charge in [-0.3, -0.25) is 14.4 Å². The van der Waals surface area contributed by atoms with Crippen LogP contribution in [0.1, 0.15) is 16.8 Å². The Morgan fingerprint density at radius 3 is 2.83 bits per heavy atom. The number of furan rings is 1. The number of benzene rings is 1. The average molecular weight is 413 g/mol. The molecule has 156 valence electrons. The monoisotopic (exact) mass is 413 g/mol. The molecule has 10 nitrogen and oxygen atoms in total. The van der Waals surface area contributed by atoms with E-state index in [4.69, 9.17) is 14.3 Å². The van der Waals surface area contributed by atoms with E-state index in [1.165, 1.54) is 11.2 Å². The number of anilines is 1. The summed E-state index contributed by atoms with van der Waals surface area (Å²) in [5.41, 5.74) is 1.48. The number of amides is 3. The number of nitrogens with zero attached hydrogens (tertiary/aromatic N) is 1.